The number of benzene rings is 1. The molecule has 1 N–H and O–H groups in total. The lowest BCUT2D eigenvalue weighted by molar-refractivity contribution is 0.0932. The molecule has 3 heterocycles. The molecule has 1 aromatic carbocycles. The first-order chi connectivity index (χ1) is 12.9. The molecule has 2 aliphatic rings. The summed E-state index contributed by atoms with van der Waals surface area (Å²) in [6.45, 7) is 3.97. The number of carbonyl (C=O) groups excluding carboxylic acids is 1. The Morgan fingerprint density at radius 2 is 2.11 bits per heavy atom. The van der Waals surface area contributed by atoms with E-state index in [1.54, 1.807) is 42.1 Å². The second-order valence-corrected chi connectivity index (χ2v) is 8.94. The van der Waals surface area contributed by atoms with Crippen LogP contribution in [0, 0.1) is 0 Å². The van der Waals surface area contributed by atoms with Gasteiger partial charge in [0.2, 0.25) is 10.0 Å². The third kappa shape index (κ3) is 3.05. The fraction of sp³-hybridized carbons (Fsp3) is 0.444. The molecule has 0 bridgehead atoms. The molecule has 27 heavy (non-hydrogen) atoms. The summed E-state index contributed by atoms with van der Waals surface area (Å²) in [5.41, 5.74) is 1.40. The fourth-order valence-corrected chi connectivity index (χ4v) is 5.37. The smallest absolute Gasteiger partial charge is 0.272 e. The number of para-hydroxylation sites is 1. The topological polar surface area (TPSA) is 87.5 Å². The first-order valence-electron chi connectivity index (χ1n) is 9.07. The van der Waals surface area contributed by atoms with Crippen LogP contribution >= 0.6 is 0 Å². The molecule has 0 unspecified atom stereocenters. The maximum atomic E-state index is 13.0. The summed E-state index contributed by atoms with van der Waals surface area (Å²) in [5, 5.41) is 3.04. The van der Waals surface area contributed by atoms with Crippen LogP contribution in [0.15, 0.2) is 35.5 Å². The Hall–Kier alpha value is -2.23. The van der Waals surface area contributed by atoms with E-state index in [1.165, 1.54) is 4.31 Å². The zero-order valence-electron chi connectivity index (χ0n) is 15.4. The Bertz CT molecular complexity index is 985. The van der Waals surface area contributed by atoms with E-state index in [2.05, 4.69) is 15.2 Å². The van der Waals surface area contributed by atoms with Crippen molar-refractivity contribution in [1.82, 2.24) is 24.1 Å². The van der Waals surface area contributed by atoms with Crippen molar-refractivity contribution in [3.8, 4) is 5.69 Å². The number of aromatic nitrogens is 2. The highest BCUT2D eigenvalue weighted by Gasteiger charge is 2.34. The highest BCUT2D eigenvalue weighted by atomic mass is 32.2. The Balaban J connectivity index is 1.75. The molecular weight excluding hydrogens is 366 g/mol. The molecule has 1 atom stereocenters. The van der Waals surface area contributed by atoms with E-state index in [1.807, 2.05) is 7.05 Å². The van der Waals surface area contributed by atoms with Crippen LogP contribution in [0.4, 0.5) is 0 Å². The van der Waals surface area contributed by atoms with Gasteiger partial charge in [-0.3, -0.25) is 9.36 Å². The number of carbonyl (C=O) groups is 1. The van der Waals surface area contributed by atoms with Crippen LogP contribution in [-0.2, 0) is 16.6 Å². The Kier molecular flexibility index (Phi) is 4.53. The average molecular weight is 389 g/mol. The van der Waals surface area contributed by atoms with Crippen LogP contribution in [0.25, 0.3) is 5.69 Å². The van der Waals surface area contributed by atoms with E-state index in [9.17, 15) is 13.2 Å². The summed E-state index contributed by atoms with van der Waals surface area (Å²) in [4.78, 5) is 19.6. The minimum atomic E-state index is -3.63. The third-order valence-electron chi connectivity index (χ3n) is 5.23. The number of nitrogens with one attached hydrogen (secondary N) is 1. The lowest BCUT2D eigenvalue weighted by Crippen LogP contribution is -2.37. The van der Waals surface area contributed by atoms with E-state index in [4.69, 9.17) is 0 Å². The second-order valence-electron chi connectivity index (χ2n) is 7.03. The van der Waals surface area contributed by atoms with Crippen LogP contribution in [0.2, 0.25) is 0 Å². The van der Waals surface area contributed by atoms with Crippen molar-refractivity contribution >= 4 is 15.9 Å². The molecule has 0 saturated carbocycles. The van der Waals surface area contributed by atoms with E-state index >= 15 is 0 Å². The van der Waals surface area contributed by atoms with Gasteiger partial charge in [0.1, 0.15) is 11.2 Å². The van der Waals surface area contributed by atoms with Crippen LogP contribution in [0.5, 0.6) is 0 Å². The van der Waals surface area contributed by atoms with Crippen molar-refractivity contribution < 1.29 is 13.2 Å². The summed E-state index contributed by atoms with van der Waals surface area (Å²) in [5.74, 6) is -0.253. The number of rotatable bonds is 3. The lowest BCUT2D eigenvalue weighted by Gasteiger charge is -2.18. The van der Waals surface area contributed by atoms with Crippen molar-refractivity contribution in [2.45, 2.75) is 30.8 Å². The number of amides is 1. The number of likely N-dealkylation sites (tertiary alicyclic amines) is 1. The summed E-state index contributed by atoms with van der Waals surface area (Å²) in [6.07, 6.45) is 2.44. The zero-order valence-corrected chi connectivity index (χ0v) is 16.2. The number of hydrogen-bond donors (Lipinski definition) is 1. The van der Waals surface area contributed by atoms with Crippen molar-refractivity contribution in [3.63, 3.8) is 0 Å². The molecule has 4 rings (SSSR count). The SMILES string of the molecule is CCN1Cc2c(C(=O)N[C@@H]3CCN(C)C3)ncn2-c2ccccc2S1(=O)=O. The fourth-order valence-electron chi connectivity index (χ4n) is 3.78. The number of imidazole rings is 1. The number of nitrogens with zero attached hydrogens (tertiary/aromatic N) is 4. The zero-order chi connectivity index (χ0) is 19.2. The molecule has 0 radical (unpaired) electrons. The Morgan fingerprint density at radius 1 is 1.33 bits per heavy atom. The summed E-state index contributed by atoms with van der Waals surface area (Å²) in [7, 11) is -1.61. The molecule has 2 aromatic rings. The minimum absolute atomic E-state index is 0.0870. The van der Waals surface area contributed by atoms with Gasteiger partial charge in [-0.1, -0.05) is 19.1 Å². The number of sulfonamides is 1. The van der Waals surface area contributed by atoms with Gasteiger partial charge in [0, 0.05) is 19.1 Å². The molecular formula is C18H23N5O3S. The van der Waals surface area contributed by atoms with Crippen LogP contribution in [0.1, 0.15) is 29.5 Å². The van der Waals surface area contributed by atoms with Gasteiger partial charge in [0.05, 0.1) is 17.9 Å². The van der Waals surface area contributed by atoms with Gasteiger partial charge >= 0.3 is 0 Å². The molecule has 1 amide bonds. The molecule has 1 aromatic heterocycles. The van der Waals surface area contributed by atoms with Gasteiger partial charge in [-0.15, -0.1) is 0 Å². The summed E-state index contributed by atoms with van der Waals surface area (Å²) < 4.78 is 29.1. The van der Waals surface area contributed by atoms with Gasteiger partial charge < -0.3 is 10.2 Å². The Morgan fingerprint density at radius 3 is 2.81 bits per heavy atom. The van der Waals surface area contributed by atoms with E-state index < -0.39 is 10.0 Å². The molecule has 9 heteroatoms. The first-order valence-corrected chi connectivity index (χ1v) is 10.5. The van der Waals surface area contributed by atoms with E-state index in [0.717, 1.165) is 19.5 Å². The second kappa shape index (κ2) is 6.74. The van der Waals surface area contributed by atoms with Gasteiger partial charge in [0.15, 0.2) is 5.69 Å². The molecule has 1 saturated heterocycles. The van der Waals surface area contributed by atoms with Gasteiger partial charge in [-0.05, 0) is 32.1 Å². The third-order valence-corrected chi connectivity index (χ3v) is 7.20. The van der Waals surface area contributed by atoms with Crippen molar-refractivity contribution in [1.29, 1.82) is 0 Å². The maximum absolute atomic E-state index is 13.0. The predicted molar refractivity (Wildman–Crippen MR) is 100 cm³/mol. The van der Waals surface area contributed by atoms with E-state index in [-0.39, 0.29) is 29.1 Å². The van der Waals surface area contributed by atoms with Crippen molar-refractivity contribution in [3.05, 3.63) is 42.0 Å². The Labute approximate surface area is 158 Å². The highest BCUT2D eigenvalue weighted by Crippen LogP contribution is 2.31. The lowest BCUT2D eigenvalue weighted by atomic mass is 10.2. The number of likely N-dealkylation sites (N-methyl/N-ethyl adjacent to an activating group) is 1. The molecule has 0 aliphatic carbocycles. The first kappa shape index (κ1) is 18.1. The monoisotopic (exact) mass is 389 g/mol. The normalized spacial score (nSPS) is 22.1. The largest absolute Gasteiger partial charge is 0.347 e. The molecule has 0 spiro atoms. The standard InChI is InChI=1S/C18H23N5O3S/c1-3-22-11-15-17(18(24)20-13-8-9-21(2)10-13)19-12-23(15)14-6-4-5-7-16(14)27(22,25)26/h4-7,12-13H,3,8-11H2,1-2H3,(H,20,24)/t13-/m1/s1. The number of hydrogen-bond acceptors (Lipinski definition) is 5. The van der Waals surface area contributed by atoms with Crippen LogP contribution in [-0.4, -0.2) is 65.8 Å². The molecule has 8 nitrogen and oxygen atoms in total. The van der Waals surface area contributed by atoms with E-state index in [0.29, 0.717) is 17.9 Å². The molecule has 144 valence electrons. The molecule has 1 fully saturated rings. The summed E-state index contributed by atoms with van der Waals surface area (Å²) in [6, 6.07) is 6.91. The number of fused-ring (bicyclic) bond motifs is 3. The van der Waals surface area contributed by atoms with Crippen molar-refractivity contribution in [2.75, 3.05) is 26.7 Å². The van der Waals surface area contributed by atoms with Gasteiger partial charge in [-0.25, -0.2) is 13.4 Å². The highest BCUT2D eigenvalue weighted by molar-refractivity contribution is 7.89. The summed E-state index contributed by atoms with van der Waals surface area (Å²) >= 11 is 0. The molecule has 2 aliphatic heterocycles. The minimum Gasteiger partial charge on any atom is -0.347 e. The average Bonchev–Trinajstić information content (AvgIpc) is 3.23. The van der Waals surface area contributed by atoms with Crippen molar-refractivity contribution in [2.24, 2.45) is 0 Å². The van der Waals surface area contributed by atoms with Gasteiger partial charge in [0.25, 0.3) is 5.91 Å². The predicted octanol–water partition coefficient (Wildman–Crippen LogP) is 0.830. The van der Waals surface area contributed by atoms with Crippen LogP contribution < -0.4 is 5.32 Å². The van der Waals surface area contributed by atoms with Gasteiger partial charge in [-0.2, -0.15) is 4.31 Å². The quantitative estimate of drug-likeness (QED) is 0.840. The maximum Gasteiger partial charge on any atom is 0.272 e. The van der Waals surface area contributed by atoms with Crippen LogP contribution in [0.3, 0.4) is 0 Å².